The Morgan fingerprint density at radius 2 is 1.97 bits per heavy atom. The molecular formula is C24H28N4O3S. The third-order valence-electron chi connectivity index (χ3n) is 5.44. The normalized spacial score (nSPS) is 12.2. The van der Waals surface area contributed by atoms with E-state index in [-0.39, 0.29) is 4.90 Å². The van der Waals surface area contributed by atoms with Crippen molar-refractivity contribution in [3.63, 3.8) is 0 Å². The number of H-pyrrole nitrogens is 1. The Labute approximate surface area is 188 Å². The van der Waals surface area contributed by atoms with Crippen LogP contribution in [0.5, 0.6) is 5.75 Å². The standard InChI is InChI=1S/C24H28N4O3S/c1-16-13-20-22-19(17-7-5-8-18(14-17)32(29,30)25-2)9-10-21(31-12-6-11-28(3)4)23(22)27-24(20)26-15-16/h5,7-10,13-15,25H,6,11-12H2,1-4H3,(H,26,27). The summed E-state index contributed by atoms with van der Waals surface area (Å²) in [6, 6.07) is 13.0. The van der Waals surface area contributed by atoms with Crippen LogP contribution >= 0.6 is 0 Å². The Morgan fingerprint density at radius 1 is 1.16 bits per heavy atom. The molecule has 0 fully saturated rings. The molecular weight excluding hydrogens is 424 g/mol. The molecule has 0 bridgehead atoms. The topological polar surface area (TPSA) is 87.3 Å². The molecule has 2 aromatic heterocycles. The van der Waals surface area contributed by atoms with Crippen molar-refractivity contribution in [3.05, 3.63) is 54.2 Å². The third-order valence-corrected chi connectivity index (χ3v) is 6.85. The maximum atomic E-state index is 12.4. The zero-order valence-electron chi connectivity index (χ0n) is 18.8. The molecule has 0 amide bonds. The first kappa shape index (κ1) is 22.3. The highest BCUT2D eigenvalue weighted by molar-refractivity contribution is 7.89. The van der Waals surface area contributed by atoms with Crippen molar-refractivity contribution >= 4 is 32.0 Å². The molecule has 0 saturated carbocycles. The van der Waals surface area contributed by atoms with Crippen LogP contribution in [-0.4, -0.2) is 57.6 Å². The number of sulfonamides is 1. The number of pyridine rings is 1. The van der Waals surface area contributed by atoms with E-state index in [0.717, 1.165) is 57.3 Å². The number of hydrogen-bond acceptors (Lipinski definition) is 5. The molecule has 4 rings (SSSR count). The van der Waals surface area contributed by atoms with Crippen LogP contribution in [0.1, 0.15) is 12.0 Å². The molecule has 2 N–H and O–H groups in total. The van der Waals surface area contributed by atoms with Crippen LogP contribution in [0.4, 0.5) is 0 Å². The van der Waals surface area contributed by atoms with Gasteiger partial charge < -0.3 is 14.6 Å². The number of aryl methyl sites for hydroxylation is 1. The molecule has 0 radical (unpaired) electrons. The van der Waals surface area contributed by atoms with Gasteiger partial charge in [0.25, 0.3) is 0 Å². The van der Waals surface area contributed by atoms with Crippen molar-refractivity contribution < 1.29 is 13.2 Å². The van der Waals surface area contributed by atoms with Gasteiger partial charge in [0.05, 0.1) is 17.0 Å². The van der Waals surface area contributed by atoms with E-state index < -0.39 is 10.0 Å². The lowest BCUT2D eigenvalue weighted by Gasteiger charge is -2.13. The van der Waals surface area contributed by atoms with Gasteiger partial charge in [-0.1, -0.05) is 12.1 Å². The van der Waals surface area contributed by atoms with Crippen LogP contribution in [0, 0.1) is 6.92 Å². The zero-order valence-corrected chi connectivity index (χ0v) is 19.6. The van der Waals surface area contributed by atoms with Crippen molar-refractivity contribution in [2.24, 2.45) is 0 Å². The van der Waals surface area contributed by atoms with Crippen LogP contribution in [0.15, 0.2) is 53.6 Å². The lowest BCUT2D eigenvalue weighted by molar-refractivity contribution is 0.284. The summed E-state index contributed by atoms with van der Waals surface area (Å²) in [5, 5.41) is 1.95. The van der Waals surface area contributed by atoms with E-state index in [0.29, 0.717) is 6.61 Å². The van der Waals surface area contributed by atoms with Crippen molar-refractivity contribution in [2.45, 2.75) is 18.2 Å². The highest BCUT2D eigenvalue weighted by Gasteiger charge is 2.18. The van der Waals surface area contributed by atoms with Gasteiger partial charge in [-0.3, -0.25) is 0 Å². The van der Waals surface area contributed by atoms with Crippen LogP contribution in [0.2, 0.25) is 0 Å². The summed E-state index contributed by atoms with van der Waals surface area (Å²) in [6.45, 7) is 3.55. The molecule has 8 heteroatoms. The highest BCUT2D eigenvalue weighted by atomic mass is 32.2. The van der Waals surface area contributed by atoms with Gasteiger partial charge >= 0.3 is 0 Å². The number of ether oxygens (including phenoxy) is 1. The summed E-state index contributed by atoms with van der Waals surface area (Å²) >= 11 is 0. The van der Waals surface area contributed by atoms with Gasteiger partial charge in [-0.15, -0.1) is 0 Å². The average Bonchev–Trinajstić information content (AvgIpc) is 3.15. The van der Waals surface area contributed by atoms with Crippen LogP contribution in [0.3, 0.4) is 0 Å². The first-order valence-corrected chi connectivity index (χ1v) is 12.0. The van der Waals surface area contributed by atoms with Gasteiger partial charge in [0, 0.05) is 23.5 Å². The fourth-order valence-corrected chi connectivity index (χ4v) is 4.61. The molecule has 4 aromatic rings. The Bertz CT molecular complexity index is 1380. The fraction of sp³-hybridized carbons (Fsp3) is 0.292. The van der Waals surface area contributed by atoms with Gasteiger partial charge in [0.1, 0.15) is 11.4 Å². The minimum atomic E-state index is -3.55. The Morgan fingerprint density at radius 3 is 2.72 bits per heavy atom. The van der Waals surface area contributed by atoms with Crippen LogP contribution < -0.4 is 9.46 Å². The summed E-state index contributed by atoms with van der Waals surface area (Å²) in [5.41, 5.74) is 4.42. The molecule has 0 aliphatic carbocycles. The molecule has 2 aromatic carbocycles. The van der Waals surface area contributed by atoms with Crippen LogP contribution in [0.25, 0.3) is 33.1 Å². The van der Waals surface area contributed by atoms with Crippen molar-refractivity contribution in [1.29, 1.82) is 0 Å². The third kappa shape index (κ3) is 4.34. The highest BCUT2D eigenvalue weighted by Crippen LogP contribution is 2.39. The lowest BCUT2D eigenvalue weighted by atomic mass is 9.99. The molecule has 0 aliphatic rings. The number of benzene rings is 2. The predicted molar refractivity (Wildman–Crippen MR) is 129 cm³/mol. The first-order valence-electron chi connectivity index (χ1n) is 10.5. The van der Waals surface area contributed by atoms with E-state index in [1.54, 1.807) is 18.2 Å². The summed E-state index contributed by atoms with van der Waals surface area (Å²) in [4.78, 5) is 10.3. The second-order valence-electron chi connectivity index (χ2n) is 8.14. The number of aromatic amines is 1. The molecule has 0 spiro atoms. The number of aromatic nitrogens is 2. The van der Waals surface area contributed by atoms with E-state index in [1.807, 2.05) is 45.4 Å². The van der Waals surface area contributed by atoms with E-state index in [1.165, 1.54) is 7.05 Å². The number of nitrogens with zero attached hydrogens (tertiary/aromatic N) is 2. The Balaban J connectivity index is 1.87. The number of nitrogens with one attached hydrogen (secondary N) is 2. The van der Waals surface area contributed by atoms with E-state index >= 15 is 0 Å². The van der Waals surface area contributed by atoms with Gasteiger partial charge in [-0.25, -0.2) is 18.1 Å². The summed E-state index contributed by atoms with van der Waals surface area (Å²) < 4.78 is 33.2. The monoisotopic (exact) mass is 452 g/mol. The maximum absolute atomic E-state index is 12.4. The Hall–Kier alpha value is -2.94. The molecule has 7 nitrogen and oxygen atoms in total. The Kier molecular flexibility index (Phi) is 6.19. The maximum Gasteiger partial charge on any atom is 0.240 e. The predicted octanol–water partition coefficient (Wildman–Crippen LogP) is 3.93. The number of fused-ring (bicyclic) bond motifs is 3. The summed E-state index contributed by atoms with van der Waals surface area (Å²) in [7, 11) is 1.95. The average molecular weight is 453 g/mol. The molecule has 0 atom stereocenters. The van der Waals surface area contributed by atoms with E-state index in [2.05, 4.69) is 25.7 Å². The van der Waals surface area contributed by atoms with Crippen LogP contribution in [-0.2, 0) is 10.0 Å². The van der Waals surface area contributed by atoms with Crippen molar-refractivity contribution in [3.8, 4) is 16.9 Å². The summed E-state index contributed by atoms with van der Waals surface area (Å²) in [6.07, 6.45) is 2.74. The molecule has 0 saturated heterocycles. The number of hydrogen-bond donors (Lipinski definition) is 2. The largest absolute Gasteiger partial charge is 0.491 e. The van der Waals surface area contributed by atoms with Crippen molar-refractivity contribution in [1.82, 2.24) is 19.6 Å². The second kappa shape index (κ2) is 8.90. The first-order chi connectivity index (χ1) is 15.3. The molecule has 168 valence electrons. The zero-order chi connectivity index (χ0) is 22.9. The minimum Gasteiger partial charge on any atom is -0.491 e. The fourth-order valence-electron chi connectivity index (χ4n) is 3.84. The molecule has 0 aliphatic heterocycles. The van der Waals surface area contributed by atoms with Crippen molar-refractivity contribution in [2.75, 3.05) is 34.3 Å². The molecule has 0 unspecified atom stereocenters. The SMILES string of the molecule is CNS(=O)(=O)c1cccc(-c2ccc(OCCCN(C)C)c3[nH]c4ncc(C)cc4c23)c1. The lowest BCUT2D eigenvalue weighted by Crippen LogP contribution is -2.18. The summed E-state index contributed by atoms with van der Waals surface area (Å²) in [5.74, 6) is 0.761. The van der Waals surface area contributed by atoms with Gasteiger partial charge in [-0.05, 0) is 81.5 Å². The molecule has 2 heterocycles. The van der Waals surface area contributed by atoms with Gasteiger partial charge in [0.15, 0.2) is 0 Å². The quantitative estimate of drug-likeness (QED) is 0.396. The van der Waals surface area contributed by atoms with E-state index in [4.69, 9.17) is 4.74 Å². The molecule has 32 heavy (non-hydrogen) atoms. The number of rotatable bonds is 8. The van der Waals surface area contributed by atoms with Gasteiger partial charge in [0.2, 0.25) is 10.0 Å². The van der Waals surface area contributed by atoms with Gasteiger partial charge in [-0.2, -0.15) is 0 Å². The minimum absolute atomic E-state index is 0.226. The smallest absolute Gasteiger partial charge is 0.240 e. The van der Waals surface area contributed by atoms with E-state index in [9.17, 15) is 8.42 Å². The second-order valence-corrected chi connectivity index (χ2v) is 10.0.